The largest absolute Gasteiger partial charge is 0.486 e. The van der Waals surface area contributed by atoms with Crippen LogP contribution >= 0.6 is 0 Å². The molecular formula is C40H50F3N5O10S. The summed E-state index contributed by atoms with van der Waals surface area (Å²) in [7, 11) is -4.03. The van der Waals surface area contributed by atoms with Crippen molar-refractivity contribution in [1.82, 2.24) is 24.8 Å². The SMILES string of the molecule is CC[C@@H]1C[C@H](C)CCC=C[C@@H]2C[C@@]2(C(=O)NS(=O)(=O)C2CC2)NC(=O)[C@@H]2C[C@@H](Oc3nccc4c5c(ccc34)OCCO5)CN2C(=O)[C@H]1N(C(=O)O)C(C)(C)C(F)(F)F. The Morgan fingerprint density at radius 3 is 2.51 bits per heavy atom. The van der Waals surface area contributed by atoms with E-state index in [4.69, 9.17) is 14.2 Å². The number of pyridine rings is 1. The molecule has 2 saturated carbocycles. The molecule has 2 aromatic rings. The van der Waals surface area contributed by atoms with E-state index in [9.17, 15) is 41.1 Å². The molecule has 4 amide bonds. The van der Waals surface area contributed by atoms with Gasteiger partial charge in [-0.05, 0) is 82.4 Å². The number of amides is 4. The third-order valence-corrected chi connectivity index (χ3v) is 14.2. The lowest BCUT2D eigenvalue weighted by Crippen LogP contribution is -2.66. The number of carbonyl (C=O) groups excluding carboxylic acids is 3. The number of aromatic nitrogens is 1. The molecule has 59 heavy (non-hydrogen) atoms. The number of hydrogen-bond acceptors (Lipinski definition) is 10. The highest BCUT2D eigenvalue weighted by atomic mass is 32.2. The van der Waals surface area contributed by atoms with Crippen molar-refractivity contribution >= 4 is 44.6 Å². The Hall–Kier alpha value is -4.81. The summed E-state index contributed by atoms with van der Waals surface area (Å²) in [5, 5.41) is 13.7. The lowest BCUT2D eigenvalue weighted by atomic mass is 9.82. The van der Waals surface area contributed by atoms with Gasteiger partial charge in [-0.3, -0.25) is 24.0 Å². The fraction of sp³-hybridized carbons (Fsp3) is 0.625. The first-order valence-corrected chi connectivity index (χ1v) is 21.6. The third kappa shape index (κ3) is 8.10. The number of carbonyl (C=O) groups is 4. The van der Waals surface area contributed by atoms with E-state index in [0.717, 1.165) is 4.90 Å². The number of rotatable bonds is 8. The quantitative estimate of drug-likeness (QED) is 0.305. The van der Waals surface area contributed by atoms with Gasteiger partial charge in [-0.1, -0.05) is 32.4 Å². The van der Waals surface area contributed by atoms with Crippen molar-refractivity contribution in [2.24, 2.45) is 17.8 Å². The zero-order chi connectivity index (χ0) is 42.7. The van der Waals surface area contributed by atoms with Crippen LogP contribution in [0, 0.1) is 17.8 Å². The maximum Gasteiger partial charge on any atom is 0.411 e. The molecule has 19 heteroatoms. The first-order valence-electron chi connectivity index (χ1n) is 20.1. The van der Waals surface area contributed by atoms with Crippen LogP contribution in [0.15, 0.2) is 36.5 Å². The Bertz CT molecular complexity index is 2150. The number of ether oxygens (including phenoxy) is 3. The van der Waals surface area contributed by atoms with Gasteiger partial charge in [0, 0.05) is 29.3 Å². The zero-order valence-electron chi connectivity index (χ0n) is 33.3. The van der Waals surface area contributed by atoms with Crippen LogP contribution in [0.1, 0.15) is 79.1 Å². The molecule has 0 unspecified atom stereocenters. The van der Waals surface area contributed by atoms with Crippen LogP contribution in [0.3, 0.4) is 0 Å². The fourth-order valence-electron chi connectivity index (χ4n) is 8.66. The summed E-state index contributed by atoms with van der Waals surface area (Å²) in [5.41, 5.74) is -4.74. The highest BCUT2D eigenvalue weighted by molar-refractivity contribution is 7.91. The number of carboxylic acid groups (broad SMARTS) is 1. The lowest BCUT2D eigenvalue weighted by molar-refractivity contribution is -0.222. The van der Waals surface area contributed by atoms with E-state index in [1.54, 1.807) is 31.2 Å². The van der Waals surface area contributed by atoms with Gasteiger partial charge in [0.05, 0.1) is 11.8 Å². The topological polar surface area (TPSA) is 194 Å². The van der Waals surface area contributed by atoms with Crippen LogP contribution in [-0.4, -0.2) is 113 Å². The van der Waals surface area contributed by atoms with Crippen LogP contribution in [0.5, 0.6) is 17.4 Å². The monoisotopic (exact) mass is 849 g/mol. The molecule has 4 heterocycles. The molecule has 3 aliphatic heterocycles. The summed E-state index contributed by atoms with van der Waals surface area (Å²) in [5.74, 6) is -3.44. The molecule has 2 aliphatic carbocycles. The van der Waals surface area contributed by atoms with Crippen molar-refractivity contribution in [1.29, 1.82) is 0 Å². The van der Waals surface area contributed by atoms with E-state index in [1.165, 1.54) is 6.20 Å². The average molecular weight is 850 g/mol. The van der Waals surface area contributed by atoms with Crippen LogP contribution in [0.25, 0.3) is 10.8 Å². The number of benzene rings is 1. The molecule has 0 spiro atoms. The predicted molar refractivity (Wildman–Crippen MR) is 206 cm³/mol. The number of nitrogens with one attached hydrogen (secondary N) is 2. The molecule has 5 aliphatic rings. The van der Waals surface area contributed by atoms with Gasteiger partial charge >= 0.3 is 12.3 Å². The van der Waals surface area contributed by atoms with Crippen molar-refractivity contribution in [2.45, 2.75) is 120 Å². The maximum atomic E-state index is 15.2. The second-order valence-electron chi connectivity index (χ2n) is 16.9. The molecule has 3 fully saturated rings. The minimum atomic E-state index is -5.10. The molecule has 1 aromatic carbocycles. The molecule has 3 N–H and O–H groups in total. The lowest BCUT2D eigenvalue weighted by Gasteiger charge is -2.46. The Morgan fingerprint density at radius 1 is 1.10 bits per heavy atom. The molecule has 322 valence electrons. The van der Waals surface area contributed by atoms with E-state index in [0.29, 0.717) is 75.0 Å². The predicted octanol–water partition coefficient (Wildman–Crippen LogP) is 4.93. The van der Waals surface area contributed by atoms with Crippen molar-refractivity contribution in [3.05, 3.63) is 36.5 Å². The fourth-order valence-corrected chi connectivity index (χ4v) is 10.0. The molecule has 7 rings (SSSR count). The van der Waals surface area contributed by atoms with Crippen LogP contribution < -0.4 is 24.2 Å². The molecule has 0 bridgehead atoms. The van der Waals surface area contributed by atoms with E-state index in [2.05, 4.69) is 15.0 Å². The number of halogens is 3. The minimum Gasteiger partial charge on any atom is -0.486 e. The smallest absolute Gasteiger partial charge is 0.411 e. The molecule has 1 aromatic heterocycles. The third-order valence-electron chi connectivity index (χ3n) is 12.4. The van der Waals surface area contributed by atoms with E-state index in [-0.39, 0.29) is 48.9 Å². The minimum absolute atomic E-state index is 0.0561. The summed E-state index contributed by atoms with van der Waals surface area (Å²) < 4.78 is 90.4. The van der Waals surface area contributed by atoms with Crippen molar-refractivity contribution < 1.29 is 60.1 Å². The average Bonchev–Trinajstić information content (AvgIpc) is 4.10. The summed E-state index contributed by atoms with van der Waals surface area (Å²) in [6, 6.07) is 1.74. The zero-order valence-corrected chi connectivity index (χ0v) is 34.1. The normalized spacial score (nSPS) is 29.0. The van der Waals surface area contributed by atoms with Crippen molar-refractivity contribution in [3.63, 3.8) is 0 Å². The number of sulfonamides is 1. The number of allylic oxidation sites excluding steroid dienone is 1. The Kier molecular flexibility index (Phi) is 11.2. The number of hydrogen-bond donors (Lipinski definition) is 3. The molecule has 0 radical (unpaired) electrons. The summed E-state index contributed by atoms with van der Waals surface area (Å²) in [6.07, 6.45) is -1.11. The van der Waals surface area contributed by atoms with Crippen molar-refractivity contribution in [2.75, 3.05) is 19.8 Å². The summed E-state index contributed by atoms with van der Waals surface area (Å²) >= 11 is 0. The first kappa shape index (κ1) is 42.3. The molecular weight excluding hydrogens is 800 g/mol. The van der Waals surface area contributed by atoms with Gasteiger partial charge in [-0.2, -0.15) is 13.2 Å². The van der Waals surface area contributed by atoms with Crippen molar-refractivity contribution in [3.8, 4) is 17.4 Å². The molecule has 1 saturated heterocycles. The van der Waals surface area contributed by atoms with E-state index >= 15 is 4.79 Å². The standard InChI is InChI=1S/C40H50F3N5O10S/c1-5-23-18-22(2)8-6-7-9-24-20-39(24,36(51)46-59(54,55)26-10-11-26)45-33(49)29-19-25(21-47(29)35(50)31(23)48(37(52)53)38(3,4)40(41,42)43)58-34-28-12-13-30-32(57-17-16-56-30)27(28)14-15-44-34/h7,9,12-15,22-26,29,31H,5-6,8,10-11,16-21H2,1-4H3,(H,45,49)(H,46,51)(H,52,53)/t22-,23-,24-,25-,29+,31+,39-/m1/s1. The Morgan fingerprint density at radius 2 is 1.83 bits per heavy atom. The Balaban J connectivity index is 1.30. The van der Waals surface area contributed by atoms with Crippen LogP contribution in [0.4, 0.5) is 18.0 Å². The number of alkyl halides is 3. The van der Waals surface area contributed by atoms with Gasteiger partial charge in [-0.15, -0.1) is 0 Å². The second-order valence-corrected chi connectivity index (χ2v) is 18.9. The highest BCUT2D eigenvalue weighted by Crippen LogP contribution is 2.47. The van der Waals surface area contributed by atoms with Gasteiger partial charge < -0.3 is 29.5 Å². The molecule has 7 atom stereocenters. The van der Waals surface area contributed by atoms with Gasteiger partial charge in [0.2, 0.25) is 27.7 Å². The van der Waals surface area contributed by atoms with E-state index < -0.39 is 86.4 Å². The summed E-state index contributed by atoms with van der Waals surface area (Å²) in [4.78, 5) is 62.3. The highest BCUT2D eigenvalue weighted by Gasteiger charge is 2.63. The molecule has 15 nitrogen and oxygen atoms in total. The van der Waals surface area contributed by atoms with Gasteiger partial charge in [-0.25, -0.2) is 18.2 Å². The van der Waals surface area contributed by atoms with Crippen LogP contribution in [-0.2, 0) is 24.4 Å². The summed E-state index contributed by atoms with van der Waals surface area (Å²) in [6.45, 7) is 5.26. The number of fused-ring (bicyclic) bond motifs is 5. The van der Waals surface area contributed by atoms with Gasteiger partial charge in [0.25, 0.3) is 5.91 Å². The van der Waals surface area contributed by atoms with Crippen LogP contribution in [0.2, 0.25) is 0 Å². The van der Waals surface area contributed by atoms with Gasteiger partial charge in [0.1, 0.15) is 42.5 Å². The Labute approximate surface area is 340 Å². The first-order chi connectivity index (χ1) is 27.8. The number of nitrogens with zero attached hydrogens (tertiary/aromatic N) is 3. The van der Waals surface area contributed by atoms with E-state index in [1.807, 2.05) is 13.0 Å². The van der Waals surface area contributed by atoms with Gasteiger partial charge in [0.15, 0.2) is 11.5 Å². The maximum absolute atomic E-state index is 15.2. The second kappa shape index (κ2) is 15.7.